The van der Waals surface area contributed by atoms with Crippen LogP contribution >= 0.6 is 0 Å². The molecule has 2 aromatic rings. The van der Waals surface area contributed by atoms with Crippen LogP contribution in [0, 0.1) is 11.7 Å². The average molecular weight is 542 g/mol. The van der Waals surface area contributed by atoms with E-state index in [0.29, 0.717) is 23.8 Å². The van der Waals surface area contributed by atoms with Crippen molar-refractivity contribution < 1.29 is 40.4 Å². The summed E-state index contributed by atoms with van der Waals surface area (Å²) < 4.78 is 77.4. The SMILES string of the molecule is CN1CC(C(=O)NC(c2ccc(C(F)(F)F)cc2F)C2CC2)N(C(=O)c2cccc(S(C)(=O)=O)c2)C1=O. The second kappa shape index (κ2) is 9.43. The van der Waals surface area contributed by atoms with E-state index in [1.54, 1.807) is 0 Å². The maximum absolute atomic E-state index is 14.7. The quantitative estimate of drug-likeness (QED) is 0.565. The van der Waals surface area contributed by atoms with E-state index in [4.69, 9.17) is 0 Å². The van der Waals surface area contributed by atoms with E-state index in [0.717, 1.165) is 29.4 Å². The molecule has 2 aromatic carbocycles. The van der Waals surface area contributed by atoms with Gasteiger partial charge in [-0.3, -0.25) is 9.59 Å². The summed E-state index contributed by atoms with van der Waals surface area (Å²) >= 11 is 0. The molecule has 0 aromatic heterocycles. The van der Waals surface area contributed by atoms with Crippen LogP contribution in [0.1, 0.15) is 40.4 Å². The minimum absolute atomic E-state index is 0.125. The average Bonchev–Trinajstić information content (AvgIpc) is 3.61. The zero-order valence-corrected chi connectivity index (χ0v) is 20.6. The molecule has 8 nitrogen and oxygen atoms in total. The molecule has 4 amide bonds. The van der Waals surface area contributed by atoms with Crippen LogP contribution in [-0.4, -0.2) is 62.0 Å². The van der Waals surface area contributed by atoms with Crippen molar-refractivity contribution in [2.24, 2.45) is 5.92 Å². The third-order valence-electron chi connectivity index (χ3n) is 6.38. The maximum atomic E-state index is 14.7. The van der Waals surface area contributed by atoms with Gasteiger partial charge >= 0.3 is 12.2 Å². The van der Waals surface area contributed by atoms with Crippen LogP contribution < -0.4 is 5.32 Å². The van der Waals surface area contributed by atoms with Gasteiger partial charge in [-0.05, 0) is 49.1 Å². The Hall–Kier alpha value is -3.48. The van der Waals surface area contributed by atoms with Gasteiger partial charge in [-0.1, -0.05) is 12.1 Å². The number of nitrogens with zero attached hydrogens (tertiary/aromatic N) is 2. The van der Waals surface area contributed by atoms with E-state index >= 15 is 0 Å². The number of likely N-dealkylation sites (N-methyl/N-ethyl adjacent to an activating group) is 1. The van der Waals surface area contributed by atoms with Gasteiger partial charge in [0.05, 0.1) is 23.0 Å². The molecule has 0 bridgehead atoms. The van der Waals surface area contributed by atoms with Crippen LogP contribution in [0.5, 0.6) is 0 Å². The molecule has 1 aliphatic heterocycles. The molecule has 0 spiro atoms. The van der Waals surface area contributed by atoms with E-state index in [1.165, 1.54) is 25.2 Å². The van der Waals surface area contributed by atoms with Gasteiger partial charge in [0.2, 0.25) is 5.91 Å². The summed E-state index contributed by atoms with van der Waals surface area (Å²) in [6.45, 7) is -0.185. The lowest BCUT2D eigenvalue weighted by Crippen LogP contribution is -2.49. The van der Waals surface area contributed by atoms with Crippen LogP contribution in [0.2, 0.25) is 0 Å². The number of carbonyl (C=O) groups is 3. The molecule has 2 aliphatic rings. The van der Waals surface area contributed by atoms with E-state index in [-0.39, 0.29) is 28.5 Å². The van der Waals surface area contributed by atoms with E-state index in [1.807, 2.05) is 0 Å². The number of hydrogen-bond donors (Lipinski definition) is 1. The van der Waals surface area contributed by atoms with E-state index in [9.17, 15) is 40.4 Å². The lowest BCUT2D eigenvalue weighted by atomic mass is 9.99. The van der Waals surface area contributed by atoms with Gasteiger partial charge in [0.1, 0.15) is 11.9 Å². The van der Waals surface area contributed by atoms with Crippen molar-refractivity contribution in [3.05, 3.63) is 65.0 Å². The summed E-state index contributed by atoms with van der Waals surface area (Å²) in [6, 6.07) is 4.03. The number of nitrogens with one attached hydrogen (secondary N) is 1. The number of hydrogen-bond acceptors (Lipinski definition) is 5. The fourth-order valence-electron chi connectivity index (χ4n) is 4.25. The molecule has 2 atom stereocenters. The predicted octanol–water partition coefficient (Wildman–Crippen LogP) is 3.39. The van der Waals surface area contributed by atoms with E-state index < -0.39 is 57.3 Å². The fourth-order valence-corrected chi connectivity index (χ4v) is 4.91. The molecule has 1 saturated heterocycles. The minimum atomic E-state index is -4.73. The zero-order valence-electron chi connectivity index (χ0n) is 19.8. The molecule has 0 radical (unpaired) electrons. The Kier molecular flexibility index (Phi) is 6.78. The third-order valence-corrected chi connectivity index (χ3v) is 7.49. The van der Waals surface area contributed by atoms with Crippen molar-refractivity contribution in [2.75, 3.05) is 19.8 Å². The molecule has 2 fully saturated rings. The maximum Gasteiger partial charge on any atom is 0.416 e. The van der Waals surface area contributed by atoms with Gasteiger partial charge in [0, 0.05) is 24.4 Å². The molecule has 37 heavy (non-hydrogen) atoms. The van der Waals surface area contributed by atoms with Crippen molar-refractivity contribution in [1.29, 1.82) is 0 Å². The minimum Gasteiger partial charge on any atom is -0.347 e. The first-order chi connectivity index (χ1) is 17.2. The van der Waals surface area contributed by atoms with Crippen molar-refractivity contribution in [1.82, 2.24) is 15.1 Å². The van der Waals surface area contributed by atoms with Gasteiger partial charge in [0.15, 0.2) is 9.84 Å². The molecular formula is C24H23F4N3O5S. The van der Waals surface area contributed by atoms with Crippen LogP contribution in [0.25, 0.3) is 0 Å². The van der Waals surface area contributed by atoms with Crippen LogP contribution in [0.3, 0.4) is 0 Å². The monoisotopic (exact) mass is 541 g/mol. The number of sulfone groups is 1. The molecule has 13 heteroatoms. The molecule has 1 heterocycles. The Morgan fingerprint density at radius 2 is 1.78 bits per heavy atom. The predicted molar refractivity (Wildman–Crippen MR) is 123 cm³/mol. The largest absolute Gasteiger partial charge is 0.416 e. The van der Waals surface area contributed by atoms with E-state index in [2.05, 4.69) is 5.32 Å². The number of carbonyl (C=O) groups excluding carboxylic acids is 3. The van der Waals surface area contributed by atoms with Crippen LogP contribution in [0.4, 0.5) is 22.4 Å². The number of rotatable bonds is 6. The Balaban J connectivity index is 1.61. The Morgan fingerprint density at radius 1 is 1.11 bits per heavy atom. The topological polar surface area (TPSA) is 104 Å². The highest BCUT2D eigenvalue weighted by molar-refractivity contribution is 7.90. The first kappa shape index (κ1) is 26.6. The van der Waals surface area contributed by atoms with Crippen molar-refractivity contribution in [3.8, 4) is 0 Å². The molecule has 1 N–H and O–H groups in total. The summed E-state index contributed by atoms with van der Waals surface area (Å²) in [4.78, 5) is 41.0. The highest BCUT2D eigenvalue weighted by atomic mass is 32.2. The number of benzene rings is 2. The Labute approximate surface area is 210 Å². The zero-order chi connectivity index (χ0) is 27.3. The van der Waals surface area contributed by atoms with Crippen molar-refractivity contribution in [3.63, 3.8) is 0 Å². The standard InChI is InChI=1S/C24H23F4N3O5S/c1-30-12-19(31(23(30)34)22(33)14-4-3-5-16(10-14)37(2,35)36)21(32)29-20(13-6-7-13)17-9-8-15(11-18(17)25)24(26,27)28/h3-5,8-11,13,19-20H,6-7,12H2,1-2H3,(H,29,32). The number of imide groups is 1. The molecule has 1 aliphatic carbocycles. The van der Waals surface area contributed by atoms with Crippen molar-refractivity contribution >= 4 is 27.7 Å². The van der Waals surface area contributed by atoms with Gasteiger partial charge in [0.25, 0.3) is 5.91 Å². The lowest BCUT2D eigenvalue weighted by molar-refractivity contribution is -0.137. The molecular weight excluding hydrogens is 518 g/mol. The lowest BCUT2D eigenvalue weighted by Gasteiger charge is -2.25. The normalized spacial score (nSPS) is 19.2. The summed E-state index contributed by atoms with van der Waals surface area (Å²) in [5.41, 5.74) is -1.41. The second-order valence-corrected chi connectivity index (χ2v) is 11.2. The smallest absolute Gasteiger partial charge is 0.347 e. The number of amides is 4. The van der Waals surface area contributed by atoms with Crippen LogP contribution in [0.15, 0.2) is 47.4 Å². The van der Waals surface area contributed by atoms with Gasteiger partial charge in [-0.25, -0.2) is 22.5 Å². The summed E-state index contributed by atoms with van der Waals surface area (Å²) in [5.74, 6) is -3.04. The number of halogens is 4. The summed E-state index contributed by atoms with van der Waals surface area (Å²) in [5, 5.41) is 2.62. The first-order valence-corrected chi connectivity index (χ1v) is 13.1. The van der Waals surface area contributed by atoms with Gasteiger partial charge in [-0.15, -0.1) is 0 Å². The van der Waals surface area contributed by atoms with Crippen LogP contribution in [-0.2, 0) is 20.8 Å². The summed E-state index contributed by atoms with van der Waals surface area (Å²) in [7, 11) is -2.28. The molecule has 2 unspecified atom stereocenters. The van der Waals surface area contributed by atoms with Gasteiger partial charge < -0.3 is 10.2 Å². The molecule has 1 saturated carbocycles. The van der Waals surface area contributed by atoms with Gasteiger partial charge in [-0.2, -0.15) is 13.2 Å². The first-order valence-electron chi connectivity index (χ1n) is 11.2. The third kappa shape index (κ3) is 5.45. The Morgan fingerprint density at radius 3 is 2.35 bits per heavy atom. The highest BCUT2D eigenvalue weighted by Crippen LogP contribution is 2.43. The number of alkyl halides is 3. The van der Waals surface area contributed by atoms with Crippen molar-refractivity contribution in [2.45, 2.75) is 36.0 Å². The molecule has 4 rings (SSSR count). The summed E-state index contributed by atoms with van der Waals surface area (Å²) in [6.07, 6.45) is -2.56. The Bertz CT molecular complexity index is 1370. The molecule has 198 valence electrons. The highest BCUT2D eigenvalue weighted by Gasteiger charge is 2.46. The fraction of sp³-hybridized carbons (Fsp3) is 0.375. The second-order valence-electron chi connectivity index (χ2n) is 9.21. The number of urea groups is 1.